The molecule has 132 valence electrons. The molecule has 0 amide bonds. The molecule has 3 saturated carbocycles. The maximum absolute atomic E-state index is 13.3. The van der Waals surface area contributed by atoms with Crippen molar-refractivity contribution in [2.45, 2.75) is 71.1 Å². The van der Waals surface area contributed by atoms with Gasteiger partial charge in [-0.3, -0.25) is 9.59 Å². The monoisotopic (exact) mass is 348 g/mol. The van der Waals surface area contributed by atoms with Gasteiger partial charge >= 0.3 is 0 Å². The van der Waals surface area contributed by atoms with Crippen molar-refractivity contribution in [1.82, 2.24) is 0 Å². The Morgan fingerprint density at radius 3 is 2.71 bits per heavy atom. The second kappa shape index (κ2) is 5.43. The summed E-state index contributed by atoms with van der Waals surface area (Å²) in [6.45, 7) is 6.26. The molecule has 7 unspecified atom stereocenters. The Morgan fingerprint density at radius 1 is 1.25 bits per heavy atom. The number of carbonyl (C=O) groups excluding carboxylic acids is 2. The quantitative estimate of drug-likeness (QED) is 0.496. The van der Waals surface area contributed by atoms with Crippen molar-refractivity contribution in [3.63, 3.8) is 0 Å². The highest BCUT2D eigenvalue weighted by Gasteiger charge is 2.62. The molecule has 0 saturated heterocycles. The van der Waals surface area contributed by atoms with Crippen LogP contribution in [0.3, 0.4) is 0 Å². The van der Waals surface area contributed by atoms with Crippen molar-refractivity contribution in [2.24, 2.45) is 34.5 Å². The van der Waals surface area contributed by atoms with Gasteiger partial charge in [0.1, 0.15) is 11.6 Å². The molecule has 7 atom stereocenters. The van der Waals surface area contributed by atoms with Gasteiger partial charge in [-0.2, -0.15) is 0 Å². The molecule has 0 spiro atoms. The summed E-state index contributed by atoms with van der Waals surface area (Å²) in [5.41, 5.74) is 1.35. The Hall–Kier alpha value is -0.630. The number of hydrogen-bond donors (Lipinski definition) is 0. The van der Waals surface area contributed by atoms with Gasteiger partial charge in [-0.05, 0) is 68.1 Å². The largest absolute Gasteiger partial charge is 0.300 e. The van der Waals surface area contributed by atoms with E-state index in [0.29, 0.717) is 24.0 Å². The number of allylic oxidation sites excluding steroid dienone is 2. The van der Waals surface area contributed by atoms with Gasteiger partial charge in [0.15, 0.2) is 0 Å². The van der Waals surface area contributed by atoms with Gasteiger partial charge < -0.3 is 0 Å². The minimum atomic E-state index is -0.102. The summed E-state index contributed by atoms with van der Waals surface area (Å²) in [6.07, 6.45) is 9.13. The first kappa shape index (κ1) is 16.8. The Balaban J connectivity index is 1.73. The van der Waals surface area contributed by atoms with Gasteiger partial charge in [0.2, 0.25) is 0 Å². The van der Waals surface area contributed by atoms with Crippen LogP contribution in [0.5, 0.6) is 0 Å². The van der Waals surface area contributed by atoms with E-state index in [9.17, 15) is 9.59 Å². The number of fused-ring (bicyclic) bond motifs is 5. The van der Waals surface area contributed by atoms with Crippen molar-refractivity contribution < 1.29 is 9.59 Å². The Bertz CT molecular complexity index is 623. The molecule has 0 radical (unpaired) electrons. The highest BCUT2D eigenvalue weighted by Crippen LogP contribution is 2.65. The van der Waals surface area contributed by atoms with Gasteiger partial charge in [-0.25, -0.2) is 0 Å². The fourth-order valence-electron chi connectivity index (χ4n) is 7.11. The second-order valence-electron chi connectivity index (χ2n) is 9.36. The van der Waals surface area contributed by atoms with Crippen LogP contribution in [0.4, 0.5) is 0 Å². The van der Waals surface area contributed by atoms with Crippen molar-refractivity contribution in [2.75, 3.05) is 0 Å². The predicted octanol–water partition coefficient (Wildman–Crippen LogP) is 4.94. The summed E-state index contributed by atoms with van der Waals surface area (Å²) in [6, 6.07) is 0. The van der Waals surface area contributed by atoms with E-state index in [1.54, 1.807) is 6.92 Å². The standard InChI is InChI=1S/C21H29ClO2/c1-12(23)16-6-7-17-15-5-4-13-10-14(22)8-9-20(13,2)19(15)18(24)11-21(16,17)3/h4,14-17,19H,5-11H2,1-3H3. The number of ketones is 2. The van der Waals surface area contributed by atoms with Crippen molar-refractivity contribution in [1.29, 1.82) is 0 Å². The molecule has 0 aromatic carbocycles. The van der Waals surface area contributed by atoms with E-state index in [1.165, 1.54) is 5.57 Å². The lowest BCUT2D eigenvalue weighted by molar-refractivity contribution is -0.145. The smallest absolute Gasteiger partial charge is 0.137 e. The van der Waals surface area contributed by atoms with Crippen molar-refractivity contribution in [3.8, 4) is 0 Å². The normalized spacial score (nSPS) is 50.6. The third-order valence-electron chi connectivity index (χ3n) is 8.22. The second-order valence-corrected chi connectivity index (χ2v) is 9.98. The number of halogens is 1. The van der Waals surface area contributed by atoms with E-state index in [1.807, 2.05) is 0 Å². The van der Waals surface area contributed by atoms with Crippen LogP contribution in [-0.4, -0.2) is 16.9 Å². The zero-order chi connectivity index (χ0) is 17.3. The van der Waals surface area contributed by atoms with Crippen LogP contribution in [0.2, 0.25) is 0 Å². The minimum Gasteiger partial charge on any atom is -0.300 e. The average Bonchev–Trinajstić information content (AvgIpc) is 2.84. The summed E-state index contributed by atoms with van der Waals surface area (Å²) in [4.78, 5) is 25.5. The van der Waals surface area contributed by atoms with Gasteiger partial charge in [-0.1, -0.05) is 25.5 Å². The van der Waals surface area contributed by atoms with Gasteiger partial charge in [0, 0.05) is 23.6 Å². The molecule has 4 rings (SSSR count). The third-order valence-corrected chi connectivity index (χ3v) is 8.59. The number of Topliss-reactive ketones (excluding diaryl/α,β-unsaturated/α-hetero) is 2. The zero-order valence-electron chi connectivity index (χ0n) is 15.1. The van der Waals surface area contributed by atoms with Crippen molar-refractivity contribution in [3.05, 3.63) is 11.6 Å². The summed E-state index contributed by atoms with van der Waals surface area (Å²) < 4.78 is 0. The molecular weight excluding hydrogens is 320 g/mol. The molecule has 4 aliphatic rings. The molecule has 0 N–H and O–H groups in total. The first-order chi connectivity index (χ1) is 11.3. The molecule has 3 fully saturated rings. The van der Waals surface area contributed by atoms with Crippen LogP contribution in [0.1, 0.15) is 65.7 Å². The highest BCUT2D eigenvalue weighted by atomic mass is 35.5. The topological polar surface area (TPSA) is 34.1 Å². The number of alkyl halides is 1. The average molecular weight is 349 g/mol. The van der Waals surface area contributed by atoms with Gasteiger partial charge in [0.05, 0.1) is 0 Å². The highest BCUT2D eigenvalue weighted by molar-refractivity contribution is 6.20. The molecule has 3 heteroatoms. The fourth-order valence-corrected chi connectivity index (χ4v) is 7.39. The summed E-state index contributed by atoms with van der Waals surface area (Å²) >= 11 is 6.41. The maximum Gasteiger partial charge on any atom is 0.137 e. The molecule has 0 bridgehead atoms. The Labute approximate surface area is 150 Å². The lowest BCUT2D eigenvalue weighted by Crippen LogP contribution is -2.55. The summed E-state index contributed by atoms with van der Waals surface area (Å²) in [5, 5.41) is 0.235. The van der Waals surface area contributed by atoms with E-state index in [-0.39, 0.29) is 33.8 Å². The molecule has 0 heterocycles. The minimum absolute atomic E-state index is 0.0149. The van der Waals surface area contributed by atoms with E-state index in [2.05, 4.69) is 19.9 Å². The molecule has 0 aromatic rings. The first-order valence-electron chi connectivity index (χ1n) is 9.64. The van der Waals surface area contributed by atoms with Gasteiger partial charge in [-0.15, -0.1) is 11.6 Å². The van der Waals surface area contributed by atoms with Crippen LogP contribution < -0.4 is 0 Å². The first-order valence-corrected chi connectivity index (χ1v) is 10.1. The fraction of sp³-hybridized carbons (Fsp3) is 0.810. The SMILES string of the molecule is CC(=O)C1CCC2C3CC=C4CC(Cl)CCC4(C)C3C(=O)CC12C. The van der Waals surface area contributed by atoms with Crippen LogP contribution in [-0.2, 0) is 9.59 Å². The third kappa shape index (κ3) is 2.14. The lowest BCUT2D eigenvalue weighted by Gasteiger charge is -2.56. The van der Waals surface area contributed by atoms with E-state index in [4.69, 9.17) is 11.6 Å². The van der Waals surface area contributed by atoms with Crippen LogP contribution >= 0.6 is 11.6 Å². The molecule has 24 heavy (non-hydrogen) atoms. The lowest BCUT2D eigenvalue weighted by atomic mass is 9.47. The zero-order valence-corrected chi connectivity index (χ0v) is 15.9. The Morgan fingerprint density at radius 2 is 2.00 bits per heavy atom. The van der Waals surface area contributed by atoms with Crippen molar-refractivity contribution >= 4 is 23.2 Å². The van der Waals surface area contributed by atoms with Crippen LogP contribution in [0, 0.1) is 34.5 Å². The van der Waals surface area contributed by atoms with E-state index in [0.717, 1.165) is 38.5 Å². The molecule has 4 aliphatic carbocycles. The van der Waals surface area contributed by atoms with Crippen LogP contribution in [0.15, 0.2) is 11.6 Å². The number of rotatable bonds is 1. The molecule has 0 aliphatic heterocycles. The molecule has 0 aromatic heterocycles. The summed E-state index contributed by atoms with van der Waals surface area (Å²) in [7, 11) is 0. The summed E-state index contributed by atoms with van der Waals surface area (Å²) in [5.74, 6) is 1.91. The number of carbonyl (C=O) groups is 2. The maximum atomic E-state index is 13.3. The molecule has 2 nitrogen and oxygen atoms in total. The molecular formula is C21H29ClO2. The Kier molecular flexibility index (Phi) is 3.81. The van der Waals surface area contributed by atoms with E-state index >= 15 is 0 Å². The number of hydrogen-bond acceptors (Lipinski definition) is 2. The van der Waals surface area contributed by atoms with E-state index < -0.39 is 0 Å². The predicted molar refractivity (Wildman–Crippen MR) is 95.9 cm³/mol. The van der Waals surface area contributed by atoms with Crippen LogP contribution in [0.25, 0.3) is 0 Å². The van der Waals surface area contributed by atoms with Gasteiger partial charge in [0.25, 0.3) is 0 Å².